The van der Waals surface area contributed by atoms with Crippen LogP contribution in [-0.2, 0) is 0 Å². The average Bonchev–Trinajstić information content (AvgIpc) is 3.87. The number of para-hydroxylation sites is 3. The van der Waals surface area contributed by atoms with Gasteiger partial charge in [0.1, 0.15) is 33.5 Å². The van der Waals surface area contributed by atoms with Gasteiger partial charge in [0.2, 0.25) is 0 Å². The number of benzene rings is 7. The molecule has 47 heavy (non-hydrogen) atoms. The zero-order valence-electron chi connectivity index (χ0n) is 24.9. The maximum Gasteiger partial charge on any atom is 0.144 e. The zero-order valence-corrected chi connectivity index (χ0v) is 25.7. The molecule has 4 aromatic heterocycles. The molecule has 0 aliphatic carbocycles. The molecule has 0 saturated heterocycles. The van der Waals surface area contributed by atoms with Gasteiger partial charge < -0.3 is 18.2 Å². The van der Waals surface area contributed by atoms with Crippen LogP contribution in [0, 0.1) is 0 Å². The highest BCUT2D eigenvalue weighted by molar-refractivity contribution is 7.26. The number of hydrogen-bond acceptors (Lipinski definition) is 5. The van der Waals surface area contributed by atoms with E-state index in [1.165, 1.54) is 10.1 Å². The van der Waals surface area contributed by atoms with E-state index in [0.717, 1.165) is 93.0 Å². The van der Waals surface area contributed by atoms with Crippen molar-refractivity contribution in [2.24, 2.45) is 0 Å². The topological polar surface area (TPSA) is 42.7 Å². The van der Waals surface area contributed by atoms with Crippen LogP contribution >= 0.6 is 11.3 Å². The van der Waals surface area contributed by atoms with Crippen molar-refractivity contribution in [2.75, 3.05) is 4.90 Å². The van der Waals surface area contributed by atoms with Crippen molar-refractivity contribution >= 4 is 114 Å². The highest BCUT2D eigenvalue weighted by Crippen LogP contribution is 2.50. The Kier molecular flexibility index (Phi) is 4.96. The Hall–Kier alpha value is -6.04. The predicted octanol–water partition coefficient (Wildman–Crippen LogP) is 13.2. The normalized spacial score (nSPS) is 12.3. The summed E-state index contributed by atoms with van der Waals surface area (Å²) in [7, 11) is 0. The minimum absolute atomic E-state index is 0.848. The number of hydrogen-bond donors (Lipinski definition) is 0. The largest absolute Gasteiger partial charge is 0.456 e. The van der Waals surface area contributed by atoms with E-state index in [4.69, 9.17) is 13.3 Å². The molecule has 0 saturated carbocycles. The summed E-state index contributed by atoms with van der Waals surface area (Å²) in [4.78, 5) is 2.35. The SMILES string of the molecule is c1ccc2c(c1)oc1cc(N(c3ccc4c(c3)oc3ccccc34)c3cc4c5ccccc5oc4c4c3sc3ccccc34)ccc12. The van der Waals surface area contributed by atoms with Crippen LogP contribution < -0.4 is 4.90 Å². The first-order chi connectivity index (χ1) is 23.3. The molecule has 11 aromatic rings. The fourth-order valence-corrected chi connectivity index (χ4v) is 8.55. The van der Waals surface area contributed by atoms with Crippen LogP contribution in [0.2, 0.25) is 0 Å². The molecule has 11 rings (SSSR count). The Balaban J connectivity index is 1.27. The number of furan rings is 3. The first-order valence-corrected chi connectivity index (χ1v) is 16.5. The summed E-state index contributed by atoms with van der Waals surface area (Å²) in [6.45, 7) is 0. The molecule has 0 N–H and O–H groups in total. The van der Waals surface area contributed by atoms with Crippen LogP contribution in [0.3, 0.4) is 0 Å². The van der Waals surface area contributed by atoms with Crippen LogP contribution in [-0.4, -0.2) is 0 Å². The molecule has 0 bridgehead atoms. The molecule has 0 spiro atoms. The lowest BCUT2D eigenvalue weighted by Gasteiger charge is -2.26. The molecular formula is C42H23NO3S. The van der Waals surface area contributed by atoms with Crippen molar-refractivity contribution in [3.05, 3.63) is 140 Å². The second-order valence-corrected chi connectivity index (χ2v) is 13.1. The van der Waals surface area contributed by atoms with E-state index in [-0.39, 0.29) is 0 Å². The summed E-state index contributed by atoms with van der Waals surface area (Å²) in [5.74, 6) is 0. The number of nitrogens with zero attached hydrogens (tertiary/aromatic N) is 1. The van der Waals surface area contributed by atoms with Gasteiger partial charge in [-0.3, -0.25) is 0 Å². The number of thiophene rings is 1. The Morgan fingerprint density at radius 2 is 0.894 bits per heavy atom. The van der Waals surface area contributed by atoms with Gasteiger partial charge in [-0.15, -0.1) is 11.3 Å². The lowest BCUT2D eigenvalue weighted by Crippen LogP contribution is -2.10. The van der Waals surface area contributed by atoms with Crippen molar-refractivity contribution in [1.29, 1.82) is 0 Å². The first kappa shape index (κ1) is 25.2. The zero-order chi connectivity index (χ0) is 30.6. The Labute approximate surface area is 271 Å². The summed E-state index contributed by atoms with van der Waals surface area (Å²) in [5.41, 5.74) is 8.34. The predicted molar refractivity (Wildman–Crippen MR) is 196 cm³/mol. The minimum Gasteiger partial charge on any atom is -0.456 e. The Bertz CT molecular complexity index is 2930. The van der Waals surface area contributed by atoms with Gasteiger partial charge in [0.15, 0.2) is 0 Å². The summed E-state index contributed by atoms with van der Waals surface area (Å²) >= 11 is 1.80. The van der Waals surface area contributed by atoms with Crippen LogP contribution in [0.15, 0.2) is 153 Å². The Morgan fingerprint density at radius 1 is 0.404 bits per heavy atom. The van der Waals surface area contributed by atoms with E-state index in [0.29, 0.717) is 0 Å². The third-order valence-electron chi connectivity index (χ3n) is 9.45. The van der Waals surface area contributed by atoms with Crippen molar-refractivity contribution in [1.82, 2.24) is 0 Å². The highest BCUT2D eigenvalue weighted by Gasteiger charge is 2.24. The summed E-state index contributed by atoms with van der Waals surface area (Å²) in [6, 6.07) is 48.8. The molecule has 5 heteroatoms. The molecular weight excluding hydrogens is 599 g/mol. The Morgan fingerprint density at radius 3 is 1.51 bits per heavy atom. The van der Waals surface area contributed by atoms with Gasteiger partial charge in [-0.2, -0.15) is 0 Å². The van der Waals surface area contributed by atoms with E-state index in [1.807, 2.05) is 30.3 Å². The number of rotatable bonds is 3. The van der Waals surface area contributed by atoms with Gasteiger partial charge in [-0.25, -0.2) is 0 Å². The molecule has 4 nitrogen and oxygen atoms in total. The third-order valence-corrected chi connectivity index (χ3v) is 10.6. The maximum absolute atomic E-state index is 6.62. The standard InChI is InChI=1S/C42H23NO3S/c1-5-13-34-26(9-1)29-19-17-24(21-37(29)44-34)43(25-18-20-30-27-10-2-6-14-35(27)45-38(30)22-25)33-23-32-28-11-3-7-15-36(28)46-41(32)40-31-12-4-8-16-39(31)47-42(33)40/h1-23H. The summed E-state index contributed by atoms with van der Waals surface area (Å²) in [5, 5.41) is 8.94. The summed E-state index contributed by atoms with van der Waals surface area (Å²) in [6.07, 6.45) is 0. The maximum atomic E-state index is 6.62. The number of anilines is 3. The quantitative estimate of drug-likeness (QED) is 0.197. The highest BCUT2D eigenvalue weighted by atomic mass is 32.1. The lowest BCUT2D eigenvalue weighted by atomic mass is 10.0. The van der Waals surface area contributed by atoms with Crippen LogP contribution in [0.1, 0.15) is 0 Å². The molecule has 4 heterocycles. The monoisotopic (exact) mass is 621 g/mol. The molecule has 0 aliphatic heterocycles. The van der Waals surface area contributed by atoms with E-state index < -0.39 is 0 Å². The fourth-order valence-electron chi connectivity index (χ4n) is 7.35. The van der Waals surface area contributed by atoms with Crippen LogP contribution in [0.25, 0.3) is 86.0 Å². The van der Waals surface area contributed by atoms with Crippen LogP contribution in [0.4, 0.5) is 17.1 Å². The molecule has 220 valence electrons. The van der Waals surface area contributed by atoms with Crippen molar-refractivity contribution < 1.29 is 13.3 Å². The lowest BCUT2D eigenvalue weighted by molar-refractivity contribution is 0.669. The molecule has 0 atom stereocenters. The third kappa shape index (κ3) is 3.52. The smallest absolute Gasteiger partial charge is 0.144 e. The van der Waals surface area contributed by atoms with E-state index in [1.54, 1.807) is 11.3 Å². The van der Waals surface area contributed by atoms with Crippen molar-refractivity contribution in [2.45, 2.75) is 0 Å². The molecule has 0 unspecified atom stereocenters. The minimum atomic E-state index is 0.848. The first-order valence-electron chi connectivity index (χ1n) is 15.7. The van der Waals surface area contributed by atoms with Crippen molar-refractivity contribution in [3.63, 3.8) is 0 Å². The van der Waals surface area contributed by atoms with E-state index in [2.05, 4.69) is 114 Å². The molecule has 0 fully saturated rings. The molecule has 0 amide bonds. The van der Waals surface area contributed by atoms with E-state index in [9.17, 15) is 0 Å². The van der Waals surface area contributed by atoms with Crippen LogP contribution in [0.5, 0.6) is 0 Å². The average molecular weight is 622 g/mol. The van der Waals surface area contributed by atoms with Gasteiger partial charge in [0, 0.05) is 71.3 Å². The molecule has 0 radical (unpaired) electrons. The van der Waals surface area contributed by atoms with Crippen molar-refractivity contribution in [3.8, 4) is 0 Å². The van der Waals surface area contributed by atoms with Gasteiger partial charge in [0.25, 0.3) is 0 Å². The van der Waals surface area contributed by atoms with Gasteiger partial charge in [-0.1, -0.05) is 72.8 Å². The van der Waals surface area contributed by atoms with Gasteiger partial charge >= 0.3 is 0 Å². The van der Waals surface area contributed by atoms with Gasteiger partial charge in [0.05, 0.1) is 10.4 Å². The van der Waals surface area contributed by atoms with Gasteiger partial charge in [-0.05, 0) is 54.6 Å². The van der Waals surface area contributed by atoms with E-state index >= 15 is 0 Å². The molecule has 7 aromatic carbocycles. The second kappa shape index (κ2) is 9.25. The fraction of sp³-hybridized carbons (Fsp3) is 0. The summed E-state index contributed by atoms with van der Waals surface area (Å²) < 4.78 is 21.8. The second-order valence-electron chi connectivity index (χ2n) is 12.1. The number of fused-ring (bicyclic) bond motifs is 13. The molecule has 0 aliphatic rings.